The van der Waals surface area contributed by atoms with Gasteiger partial charge in [-0.05, 0) is 42.7 Å². The first-order chi connectivity index (χ1) is 9.16. The van der Waals surface area contributed by atoms with Crippen LogP contribution in [0.4, 0.5) is 5.69 Å². The highest BCUT2D eigenvalue weighted by Crippen LogP contribution is 2.14. The Bertz CT molecular complexity index is 508. The first kappa shape index (κ1) is 14.0. The molecular formula is C15H18N2S2. The molecule has 1 heterocycles. The quantitative estimate of drug-likeness (QED) is 0.857. The van der Waals surface area contributed by atoms with Gasteiger partial charge in [-0.1, -0.05) is 24.3 Å². The highest BCUT2D eigenvalue weighted by Gasteiger charge is 2.13. The number of likely N-dealkylation sites (N-methyl/N-ethyl adjacent to an activating group) is 1. The summed E-state index contributed by atoms with van der Waals surface area (Å²) in [7, 11) is 2.04. The number of thiophene rings is 1. The summed E-state index contributed by atoms with van der Waals surface area (Å²) in [6, 6.07) is 14.7. The lowest BCUT2D eigenvalue weighted by atomic mass is 10.2. The van der Waals surface area contributed by atoms with Gasteiger partial charge in [0.2, 0.25) is 0 Å². The number of thiocarbonyl (C=S) groups is 1. The largest absolute Gasteiger partial charge is 0.349 e. The fourth-order valence-electron chi connectivity index (χ4n) is 1.79. The van der Waals surface area contributed by atoms with Crippen LogP contribution in [0, 0.1) is 0 Å². The Labute approximate surface area is 124 Å². The van der Waals surface area contributed by atoms with Gasteiger partial charge in [-0.3, -0.25) is 0 Å². The SMILES string of the molecule is CC(Cc1cccs1)N(C)C(=S)Nc1ccccc1. The van der Waals surface area contributed by atoms with Gasteiger partial charge in [-0.15, -0.1) is 11.3 Å². The molecule has 1 aromatic heterocycles. The molecule has 1 aromatic carbocycles. The van der Waals surface area contributed by atoms with Crippen molar-refractivity contribution in [1.29, 1.82) is 0 Å². The molecule has 0 saturated heterocycles. The maximum Gasteiger partial charge on any atom is 0.173 e. The summed E-state index contributed by atoms with van der Waals surface area (Å²) in [5, 5.41) is 6.14. The van der Waals surface area contributed by atoms with Gasteiger partial charge in [0.05, 0.1) is 0 Å². The number of nitrogens with one attached hydrogen (secondary N) is 1. The van der Waals surface area contributed by atoms with E-state index in [-0.39, 0.29) is 0 Å². The van der Waals surface area contributed by atoms with E-state index in [2.05, 4.69) is 34.7 Å². The minimum Gasteiger partial charge on any atom is -0.349 e. The Morgan fingerprint density at radius 3 is 2.63 bits per heavy atom. The number of para-hydroxylation sites is 1. The van der Waals surface area contributed by atoms with E-state index in [1.54, 1.807) is 11.3 Å². The third-order valence-electron chi connectivity index (χ3n) is 3.08. The van der Waals surface area contributed by atoms with Crippen molar-refractivity contribution in [3.63, 3.8) is 0 Å². The summed E-state index contributed by atoms with van der Waals surface area (Å²) in [4.78, 5) is 3.50. The topological polar surface area (TPSA) is 15.3 Å². The van der Waals surface area contributed by atoms with Crippen molar-refractivity contribution in [3.8, 4) is 0 Å². The predicted molar refractivity (Wildman–Crippen MR) is 87.9 cm³/mol. The van der Waals surface area contributed by atoms with Crippen LogP contribution in [-0.2, 0) is 6.42 Å². The molecule has 0 saturated carbocycles. The Kier molecular flexibility index (Phi) is 4.93. The van der Waals surface area contributed by atoms with Crippen molar-refractivity contribution in [2.75, 3.05) is 12.4 Å². The maximum atomic E-state index is 5.45. The van der Waals surface area contributed by atoms with Gasteiger partial charge in [0.1, 0.15) is 0 Å². The van der Waals surface area contributed by atoms with Crippen molar-refractivity contribution in [2.24, 2.45) is 0 Å². The lowest BCUT2D eigenvalue weighted by Gasteiger charge is -2.27. The minimum absolute atomic E-state index is 0.377. The number of benzene rings is 1. The van der Waals surface area contributed by atoms with Crippen LogP contribution in [0.2, 0.25) is 0 Å². The molecule has 1 N–H and O–H groups in total. The van der Waals surface area contributed by atoms with E-state index in [9.17, 15) is 0 Å². The van der Waals surface area contributed by atoms with Gasteiger partial charge in [0, 0.05) is 30.1 Å². The number of hydrogen-bond donors (Lipinski definition) is 1. The van der Waals surface area contributed by atoms with Gasteiger partial charge < -0.3 is 10.2 Å². The van der Waals surface area contributed by atoms with Crippen molar-refractivity contribution >= 4 is 34.4 Å². The fraction of sp³-hybridized carbons (Fsp3) is 0.267. The van der Waals surface area contributed by atoms with E-state index < -0.39 is 0 Å². The van der Waals surface area contributed by atoms with Crippen LogP contribution in [0.5, 0.6) is 0 Å². The second kappa shape index (κ2) is 6.68. The van der Waals surface area contributed by atoms with Crippen LogP contribution in [0.1, 0.15) is 11.8 Å². The second-order valence-electron chi connectivity index (χ2n) is 4.54. The molecule has 0 bridgehead atoms. The average molecular weight is 290 g/mol. The van der Waals surface area contributed by atoms with Gasteiger partial charge in [-0.2, -0.15) is 0 Å². The molecule has 2 rings (SSSR count). The zero-order chi connectivity index (χ0) is 13.7. The lowest BCUT2D eigenvalue weighted by Crippen LogP contribution is -2.39. The third-order valence-corrected chi connectivity index (χ3v) is 4.37. The standard InChI is InChI=1S/C15H18N2S2/c1-12(11-14-9-6-10-19-14)17(2)15(18)16-13-7-4-3-5-8-13/h3-10,12H,11H2,1-2H3,(H,16,18). The molecule has 0 aliphatic heterocycles. The van der Waals surface area contributed by atoms with Crippen LogP contribution in [0.25, 0.3) is 0 Å². The molecule has 1 atom stereocenters. The first-order valence-electron chi connectivity index (χ1n) is 6.28. The summed E-state index contributed by atoms with van der Waals surface area (Å²) >= 11 is 7.24. The maximum absolute atomic E-state index is 5.45. The van der Waals surface area contributed by atoms with E-state index in [1.807, 2.05) is 37.4 Å². The predicted octanol–water partition coefficient (Wildman–Crippen LogP) is 4.01. The molecule has 2 aromatic rings. The first-order valence-corrected chi connectivity index (χ1v) is 7.57. The van der Waals surface area contributed by atoms with Gasteiger partial charge >= 0.3 is 0 Å². The zero-order valence-electron chi connectivity index (χ0n) is 11.2. The lowest BCUT2D eigenvalue weighted by molar-refractivity contribution is 0.395. The second-order valence-corrected chi connectivity index (χ2v) is 5.96. The van der Waals surface area contributed by atoms with Crippen molar-refractivity contribution in [1.82, 2.24) is 4.90 Å². The van der Waals surface area contributed by atoms with Crippen LogP contribution in [0.15, 0.2) is 47.8 Å². The van der Waals surface area contributed by atoms with Crippen molar-refractivity contribution in [3.05, 3.63) is 52.7 Å². The van der Waals surface area contributed by atoms with E-state index in [1.165, 1.54) is 4.88 Å². The molecule has 19 heavy (non-hydrogen) atoms. The van der Waals surface area contributed by atoms with E-state index in [0.717, 1.165) is 17.2 Å². The van der Waals surface area contributed by atoms with Gasteiger partial charge in [0.15, 0.2) is 5.11 Å². The molecule has 1 unspecified atom stereocenters. The molecule has 100 valence electrons. The van der Waals surface area contributed by atoms with Crippen LogP contribution < -0.4 is 5.32 Å². The molecule has 0 radical (unpaired) electrons. The highest BCUT2D eigenvalue weighted by atomic mass is 32.1. The van der Waals surface area contributed by atoms with E-state index in [4.69, 9.17) is 12.2 Å². The third kappa shape index (κ3) is 4.04. The van der Waals surface area contributed by atoms with Crippen LogP contribution in [-0.4, -0.2) is 23.1 Å². The number of nitrogens with zero attached hydrogens (tertiary/aromatic N) is 1. The number of rotatable bonds is 4. The summed E-state index contributed by atoms with van der Waals surface area (Å²) in [6.45, 7) is 2.19. The normalized spacial score (nSPS) is 11.9. The van der Waals surface area contributed by atoms with E-state index >= 15 is 0 Å². The van der Waals surface area contributed by atoms with E-state index in [0.29, 0.717) is 6.04 Å². The summed E-state index contributed by atoms with van der Waals surface area (Å²) in [5.41, 5.74) is 1.03. The summed E-state index contributed by atoms with van der Waals surface area (Å²) in [6.07, 6.45) is 1.02. The minimum atomic E-state index is 0.377. The fourth-order valence-corrected chi connectivity index (χ4v) is 2.91. The number of anilines is 1. The van der Waals surface area contributed by atoms with Crippen molar-refractivity contribution in [2.45, 2.75) is 19.4 Å². The molecular weight excluding hydrogens is 272 g/mol. The Morgan fingerprint density at radius 2 is 2.00 bits per heavy atom. The highest BCUT2D eigenvalue weighted by molar-refractivity contribution is 7.80. The smallest absolute Gasteiger partial charge is 0.173 e. The van der Waals surface area contributed by atoms with Crippen LogP contribution >= 0.6 is 23.6 Å². The molecule has 0 aliphatic rings. The number of hydrogen-bond acceptors (Lipinski definition) is 2. The average Bonchev–Trinajstić information content (AvgIpc) is 2.91. The van der Waals surface area contributed by atoms with Gasteiger partial charge in [0.25, 0.3) is 0 Å². The molecule has 0 spiro atoms. The summed E-state index contributed by atoms with van der Waals surface area (Å²) < 4.78 is 0. The van der Waals surface area contributed by atoms with Crippen molar-refractivity contribution < 1.29 is 0 Å². The molecule has 4 heteroatoms. The Morgan fingerprint density at radius 1 is 1.26 bits per heavy atom. The Hall–Kier alpha value is -1.39. The van der Waals surface area contributed by atoms with Crippen LogP contribution in [0.3, 0.4) is 0 Å². The monoisotopic (exact) mass is 290 g/mol. The molecule has 2 nitrogen and oxygen atoms in total. The molecule has 0 fully saturated rings. The molecule has 0 amide bonds. The summed E-state index contributed by atoms with van der Waals surface area (Å²) in [5.74, 6) is 0. The van der Waals surface area contributed by atoms with Gasteiger partial charge in [-0.25, -0.2) is 0 Å². The Balaban J connectivity index is 1.91. The molecule has 0 aliphatic carbocycles. The zero-order valence-corrected chi connectivity index (χ0v) is 12.8.